The van der Waals surface area contributed by atoms with Crippen LogP contribution in [0.25, 0.3) is 0 Å². The van der Waals surface area contributed by atoms with Gasteiger partial charge < -0.3 is 14.8 Å². The van der Waals surface area contributed by atoms with E-state index in [1.165, 1.54) is 0 Å². The molecule has 1 rings (SSSR count). The fourth-order valence-corrected chi connectivity index (χ4v) is 1.20. The second kappa shape index (κ2) is 5.00. The molecule has 0 radical (unpaired) electrons. The van der Waals surface area contributed by atoms with Crippen molar-refractivity contribution in [1.82, 2.24) is 14.5 Å². The molecular weight excluding hydrogens is 176 g/mol. The van der Waals surface area contributed by atoms with Crippen LogP contribution in [-0.2, 0) is 6.54 Å². The van der Waals surface area contributed by atoms with Crippen molar-refractivity contribution in [3.05, 3.63) is 12.4 Å². The highest BCUT2D eigenvalue weighted by atomic mass is 15.2. The minimum atomic E-state index is 0.426. The number of rotatable bonds is 5. The molecule has 0 aliphatic heterocycles. The average molecular weight is 196 g/mol. The lowest BCUT2D eigenvalue weighted by atomic mass is 10.4. The predicted molar refractivity (Wildman–Crippen MR) is 59.5 cm³/mol. The molecule has 1 aromatic heterocycles. The van der Waals surface area contributed by atoms with Crippen LogP contribution in [0, 0.1) is 0 Å². The molecule has 1 aromatic rings. The van der Waals surface area contributed by atoms with Crippen molar-refractivity contribution in [2.24, 2.45) is 0 Å². The Hall–Kier alpha value is -1.03. The van der Waals surface area contributed by atoms with E-state index < -0.39 is 0 Å². The van der Waals surface area contributed by atoms with E-state index in [2.05, 4.69) is 47.7 Å². The van der Waals surface area contributed by atoms with Crippen molar-refractivity contribution in [2.75, 3.05) is 26.0 Å². The Kier molecular flexibility index (Phi) is 3.95. The van der Waals surface area contributed by atoms with Crippen molar-refractivity contribution in [3.8, 4) is 0 Å². The van der Waals surface area contributed by atoms with Crippen LogP contribution in [-0.4, -0.2) is 41.1 Å². The molecular formula is C10H20N4. The fourth-order valence-electron chi connectivity index (χ4n) is 1.20. The summed E-state index contributed by atoms with van der Waals surface area (Å²) in [6.07, 6.45) is 3.84. The second-order valence-corrected chi connectivity index (χ2v) is 4.05. The zero-order chi connectivity index (χ0) is 10.6. The Morgan fingerprint density at radius 2 is 2.21 bits per heavy atom. The van der Waals surface area contributed by atoms with Gasteiger partial charge in [-0.25, -0.2) is 4.98 Å². The normalized spacial score (nSPS) is 11.3. The van der Waals surface area contributed by atoms with Crippen LogP contribution in [0.3, 0.4) is 0 Å². The highest BCUT2D eigenvalue weighted by molar-refractivity contribution is 5.26. The first-order valence-electron chi connectivity index (χ1n) is 5.02. The number of anilines is 1. The topological polar surface area (TPSA) is 33.1 Å². The van der Waals surface area contributed by atoms with Gasteiger partial charge in [-0.3, -0.25) is 0 Å². The molecule has 0 bridgehead atoms. The quantitative estimate of drug-likeness (QED) is 0.769. The Bertz CT molecular complexity index is 265. The first-order chi connectivity index (χ1) is 6.59. The number of hydrogen-bond acceptors (Lipinski definition) is 3. The van der Waals surface area contributed by atoms with E-state index in [1.54, 1.807) is 0 Å². The molecule has 4 nitrogen and oxygen atoms in total. The van der Waals surface area contributed by atoms with Crippen LogP contribution in [0.5, 0.6) is 0 Å². The minimum absolute atomic E-state index is 0.426. The molecule has 0 aliphatic rings. The molecule has 0 amide bonds. The SMILES string of the molecule is CC(C)Nc1nccn1CCN(C)C. The number of imidazole rings is 1. The maximum atomic E-state index is 4.27. The first kappa shape index (κ1) is 11.0. The van der Waals surface area contributed by atoms with Gasteiger partial charge in [-0.15, -0.1) is 0 Å². The predicted octanol–water partition coefficient (Wildman–Crippen LogP) is 1.26. The minimum Gasteiger partial charge on any atom is -0.353 e. The summed E-state index contributed by atoms with van der Waals surface area (Å²) in [6, 6.07) is 0.426. The largest absolute Gasteiger partial charge is 0.353 e. The van der Waals surface area contributed by atoms with Crippen LogP contribution in [0.1, 0.15) is 13.8 Å². The summed E-state index contributed by atoms with van der Waals surface area (Å²) in [5.74, 6) is 0.960. The highest BCUT2D eigenvalue weighted by Gasteiger charge is 2.03. The van der Waals surface area contributed by atoms with Gasteiger partial charge in [0.2, 0.25) is 5.95 Å². The number of nitrogens with one attached hydrogen (secondary N) is 1. The number of likely N-dealkylation sites (N-methyl/N-ethyl adjacent to an activating group) is 1. The van der Waals surface area contributed by atoms with E-state index in [0.29, 0.717) is 6.04 Å². The summed E-state index contributed by atoms with van der Waals surface area (Å²) < 4.78 is 2.14. The Labute approximate surface area is 85.9 Å². The summed E-state index contributed by atoms with van der Waals surface area (Å²) in [7, 11) is 4.15. The van der Waals surface area contributed by atoms with Gasteiger partial charge in [0.05, 0.1) is 0 Å². The number of hydrogen-bond donors (Lipinski definition) is 1. The lowest BCUT2D eigenvalue weighted by Crippen LogP contribution is -2.20. The van der Waals surface area contributed by atoms with Crippen molar-refractivity contribution >= 4 is 5.95 Å². The van der Waals surface area contributed by atoms with Crippen LogP contribution < -0.4 is 5.32 Å². The smallest absolute Gasteiger partial charge is 0.203 e. The molecule has 0 spiro atoms. The van der Waals surface area contributed by atoms with Crippen LogP contribution >= 0.6 is 0 Å². The Morgan fingerprint density at radius 1 is 1.50 bits per heavy atom. The fraction of sp³-hybridized carbons (Fsp3) is 0.700. The van der Waals surface area contributed by atoms with E-state index in [4.69, 9.17) is 0 Å². The Balaban J connectivity index is 2.53. The summed E-state index contributed by atoms with van der Waals surface area (Å²) >= 11 is 0. The standard InChI is InChI=1S/C10H20N4/c1-9(2)12-10-11-5-6-14(10)8-7-13(3)4/h5-6,9H,7-8H2,1-4H3,(H,11,12). The third-order valence-electron chi connectivity index (χ3n) is 1.92. The Morgan fingerprint density at radius 3 is 2.79 bits per heavy atom. The zero-order valence-corrected chi connectivity index (χ0v) is 9.49. The molecule has 0 unspecified atom stereocenters. The second-order valence-electron chi connectivity index (χ2n) is 4.05. The molecule has 0 saturated heterocycles. The summed E-state index contributed by atoms with van der Waals surface area (Å²) in [5.41, 5.74) is 0. The van der Waals surface area contributed by atoms with Crippen LogP contribution in [0.2, 0.25) is 0 Å². The summed E-state index contributed by atoms with van der Waals surface area (Å²) in [4.78, 5) is 6.43. The lowest BCUT2D eigenvalue weighted by molar-refractivity contribution is 0.385. The van der Waals surface area contributed by atoms with Crippen LogP contribution in [0.15, 0.2) is 12.4 Å². The molecule has 0 fully saturated rings. The van der Waals surface area contributed by atoms with Crippen molar-refractivity contribution in [3.63, 3.8) is 0 Å². The van der Waals surface area contributed by atoms with Gasteiger partial charge in [-0.1, -0.05) is 0 Å². The molecule has 0 saturated carbocycles. The van der Waals surface area contributed by atoms with Crippen molar-refractivity contribution in [1.29, 1.82) is 0 Å². The first-order valence-corrected chi connectivity index (χ1v) is 5.02. The average Bonchev–Trinajstić information content (AvgIpc) is 2.47. The van der Waals surface area contributed by atoms with Gasteiger partial charge in [-0.2, -0.15) is 0 Å². The van der Waals surface area contributed by atoms with Gasteiger partial charge in [0.1, 0.15) is 0 Å². The van der Waals surface area contributed by atoms with Gasteiger partial charge in [0, 0.05) is 31.5 Å². The highest BCUT2D eigenvalue weighted by Crippen LogP contribution is 2.05. The molecule has 4 heteroatoms. The van der Waals surface area contributed by atoms with E-state index in [1.807, 2.05) is 12.4 Å². The summed E-state index contributed by atoms with van der Waals surface area (Å²) in [6.45, 7) is 6.24. The van der Waals surface area contributed by atoms with Crippen LogP contribution in [0.4, 0.5) is 5.95 Å². The van der Waals surface area contributed by atoms with E-state index in [9.17, 15) is 0 Å². The van der Waals surface area contributed by atoms with E-state index >= 15 is 0 Å². The van der Waals surface area contributed by atoms with E-state index in [-0.39, 0.29) is 0 Å². The van der Waals surface area contributed by atoms with E-state index in [0.717, 1.165) is 19.0 Å². The molecule has 0 aromatic carbocycles. The summed E-state index contributed by atoms with van der Waals surface area (Å²) in [5, 5.41) is 3.31. The third-order valence-corrected chi connectivity index (χ3v) is 1.92. The molecule has 0 atom stereocenters. The number of nitrogens with zero attached hydrogens (tertiary/aromatic N) is 3. The van der Waals surface area contributed by atoms with Crippen molar-refractivity contribution in [2.45, 2.75) is 26.4 Å². The van der Waals surface area contributed by atoms with Crippen molar-refractivity contribution < 1.29 is 0 Å². The molecule has 1 N–H and O–H groups in total. The molecule has 80 valence electrons. The number of aromatic nitrogens is 2. The van der Waals surface area contributed by atoms with Gasteiger partial charge >= 0.3 is 0 Å². The molecule has 1 heterocycles. The maximum absolute atomic E-state index is 4.27. The zero-order valence-electron chi connectivity index (χ0n) is 9.49. The van der Waals surface area contributed by atoms with Gasteiger partial charge in [0.25, 0.3) is 0 Å². The van der Waals surface area contributed by atoms with Gasteiger partial charge in [0.15, 0.2) is 0 Å². The maximum Gasteiger partial charge on any atom is 0.203 e. The lowest BCUT2D eigenvalue weighted by Gasteiger charge is -2.14. The monoisotopic (exact) mass is 196 g/mol. The van der Waals surface area contributed by atoms with Gasteiger partial charge in [-0.05, 0) is 27.9 Å². The molecule has 0 aliphatic carbocycles. The molecule has 14 heavy (non-hydrogen) atoms. The third kappa shape index (κ3) is 3.38.